The van der Waals surface area contributed by atoms with Crippen LogP contribution in [0.15, 0.2) is 0 Å². The van der Waals surface area contributed by atoms with Crippen LogP contribution in [0.2, 0.25) is 0 Å². The first kappa shape index (κ1) is 13.5. The zero-order valence-electron chi connectivity index (χ0n) is 11.2. The molecule has 16 heavy (non-hydrogen) atoms. The number of amides is 1. The van der Waals surface area contributed by atoms with Crippen LogP contribution in [0.4, 0.5) is 0 Å². The molecule has 0 radical (unpaired) electrons. The van der Waals surface area contributed by atoms with Gasteiger partial charge in [0.15, 0.2) is 0 Å². The Balaban J connectivity index is 2.58. The zero-order valence-corrected chi connectivity index (χ0v) is 11.2. The van der Waals surface area contributed by atoms with Gasteiger partial charge in [0.25, 0.3) is 0 Å². The molecule has 1 fully saturated rings. The molecule has 1 rings (SSSR count). The summed E-state index contributed by atoms with van der Waals surface area (Å²) in [5, 5.41) is 3.33. The summed E-state index contributed by atoms with van der Waals surface area (Å²) in [6.45, 7) is 7.23. The van der Waals surface area contributed by atoms with E-state index in [1.807, 2.05) is 11.8 Å². The number of carbonyl (C=O) groups excluding carboxylic acids is 1. The summed E-state index contributed by atoms with van der Waals surface area (Å²) in [5.74, 6) is 0.248. The van der Waals surface area contributed by atoms with Gasteiger partial charge < -0.3 is 9.80 Å². The van der Waals surface area contributed by atoms with Gasteiger partial charge in [0, 0.05) is 6.04 Å². The van der Waals surface area contributed by atoms with Crippen LogP contribution >= 0.6 is 0 Å². The van der Waals surface area contributed by atoms with Crippen molar-refractivity contribution >= 4 is 5.91 Å². The summed E-state index contributed by atoms with van der Waals surface area (Å²) >= 11 is 0. The van der Waals surface area contributed by atoms with Crippen LogP contribution in [0.5, 0.6) is 0 Å². The number of hydrogen-bond donors (Lipinski definition) is 1. The van der Waals surface area contributed by atoms with Crippen molar-refractivity contribution in [2.75, 3.05) is 20.6 Å². The molecule has 94 valence electrons. The maximum atomic E-state index is 12.0. The van der Waals surface area contributed by atoms with Gasteiger partial charge in [-0.2, -0.15) is 0 Å². The van der Waals surface area contributed by atoms with Gasteiger partial charge in [0.05, 0.1) is 12.2 Å². The van der Waals surface area contributed by atoms with E-state index in [0.29, 0.717) is 6.04 Å². The van der Waals surface area contributed by atoms with Crippen molar-refractivity contribution in [1.82, 2.24) is 15.1 Å². The predicted octanol–water partition coefficient (Wildman–Crippen LogP) is 0.883. The third-order valence-corrected chi connectivity index (χ3v) is 3.26. The van der Waals surface area contributed by atoms with Crippen LogP contribution in [0, 0.1) is 0 Å². The number of rotatable bonds is 5. The zero-order chi connectivity index (χ0) is 12.3. The van der Waals surface area contributed by atoms with Crippen LogP contribution in [0.25, 0.3) is 0 Å². The van der Waals surface area contributed by atoms with E-state index in [2.05, 4.69) is 38.2 Å². The first-order valence-corrected chi connectivity index (χ1v) is 6.20. The van der Waals surface area contributed by atoms with Crippen molar-refractivity contribution < 1.29 is 4.79 Å². The lowest BCUT2D eigenvalue weighted by molar-refractivity contribution is -0.131. The van der Waals surface area contributed by atoms with Gasteiger partial charge >= 0.3 is 0 Å². The van der Waals surface area contributed by atoms with Gasteiger partial charge in [0.1, 0.15) is 0 Å². The molecule has 0 aromatic heterocycles. The highest BCUT2D eigenvalue weighted by molar-refractivity contribution is 5.84. The highest BCUT2D eigenvalue weighted by atomic mass is 16.2. The molecule has 0 saturated carbocycles. The van der Waals surface area contributed by atoms with Crippen molar-refractivity contribution in [3.63, 3.8) is 0 Å². The molecule has 0 bridgehead atoms. The fraction of sp³-hybridized carbons (Fsp3) is 0.917. The molecular weight excluding hydrogens is 202 g/mol. The monoisotopic (exact) mass is 227 g/mol. The lowest BCUT2D eigenvalue weighted by Crippen LogP contribution is -2.43. The standard InChI is InChI=1S/C12H25N3O/c1-6-11-13-10(3)12(16)15(11)9(2)7-8-14(4)5/h9-11,13H,6-8H2,1-5H3. The first-order valence-electron chi connectivity index (χ1n) is 6.20. The average molecular weight is 227 g/mol. The van der Waals surface area contributed by atoms with E-state index in [1.54, 1.807) is 0 Å². The minimum absolute atomic E-state index is 0.0215. The van der Waals surface area contributed by atoms with Gasteiger partial charge in [-0.3, -0.25) is 10.1 Å². The highest BCUT2D eigenvalue weighted by Crippen LogP contribution is 2.18. The fourth-order valence-electron chi connectivity index (χ4n) is 2.24. The lowest BCUT2D eigenvalue weighted by Gasteiger charge is -2.30. The summed E-state index contributed by atoms with van der Waals surface area (Å²) in [7, 11) is 4.13. The topological polar surface area (TPSA) is 35.6 Å². The SMILES string of the molecule is CCC1NC(C)C(=O)N1C(C)CCN(C)C. The van der Waals surface area contributed by atoms with Gasteiger partial charge in [0.2, 0.25) is 5.91 Å². The molecule has 3 atom stereocenters. The Morgan fingerprint density at radius 3 is 2.62 bits per heavy atom. The molecule has 1 amide bonds. The second kappa shape index (κ2) is 5.64. The van der Waals surface area contributed by atoms with E-state index in [-0.39, 0.29) is 18.1 Å². The van der Waals surface area contributed by atoms with Crippen molar-refractivity contribution in [1.29, 1.82) is 0 Å². The van der Waals surface area contributed by atoms with Crippen LogP contribution in [0.3, 0.4) is 0 Å². The Labute approximate surface area is 99.0 Å². The maximum absolute atomic E-state index is 12.0. The molecule has 1 aliphatic heterocycles. The van der Waals surface area contributed by atoms with E-state index < -0.39 is 0 Å². The lowest BCUT2D eigenvalue weighted by atomic mass is 10.1. The van der Waals surface area contributed by atoms with Crippen LogP contribution in [0.1, 0.15) is 33.6 Å². The van der Waals surface area contributed by atoms with E-state index in [0.717, 1.165) is 19.4 Å². The van der Waals surface area contributed by atoms with Crippen molar-refractivity contribution in [3.8, 4) is 0 Å². The van der Waals surface area contributed by atoms with Gasteiger partial charge in [-0.1, -0.05) is 6.92 Å². The number of carbonyl (C=O) groups is 1. The van der Waals surface area contributed by atoms with Crippen LogP contribution < -0.4 is 5.32 Å². The molecule has 0 spiro atoms. The van der Waals surface area contributed by atoms with Crippen LogP contribution in [-0.2, 0) is 4.79 Å². The minimum atomic E-state index is -0.0215. The number of nitrogens with zero attached hydrogens (tertiary/aromatic N) is 2. The third kappa shape index (κ3) is 2.95. The summed E-state index contributed by atoms with van der Waals surface area (Å²) in [5.41, 5.74) is 0. The quantitative estimate of drug-likeness (QED) is 0.757. The Bertz CT molecular complexity index is 242. The maximum Gasteiger partial charge on any atom is 0.240 e. The molecular formula is C12H25N3O. The molecule has 0 aromatic carbocycles. The van der Waals surface area contributed by atoms with E-state index in [1.165, 1.54) is 0 Å². The first-order chi connectivity index (χ1) is 7.47. The van der Waals surface area contributed by atoms with Crippen molar-refractivity contribution in [2.45, 2.75) is 51.9 Å². The number of hydrogen-bond acceptors (Lipinski definition) is 3. The van der Waals surface area contributed by atoms with E-state index >= 15 is 0 Å². The van der Waals surface area contributed by atoms with Gasteiger partial charge in [-0.15, -0.1) is 0 Å². The second-order valence-electron chi connectivity index (χ2n) is 5.00. The second-order valence-corrected chi connectivity index (χ2v) is 5.00. The molecule has 4 nitrogen and oxygen atoms in total. The number of nitrogens with one attached hydrogen (secondary N) is 1. The Morgan fingerprint density at radius 1 is 1.50 bits per heavy atom. The predicted molar refractivity (Wildman–Crippen MR) is 66.2 cm³/mol. The smallest absolute Gasteiger partial charge is 0.240 e. The normalized spacial score (nSPS) is 27.9. The molecule has 3 unspecified atom stereocenters. The molecule has 1 N–H and O–H groups in total. The van der Waals surface area contributed by atoms with E-state index in [9.17, 15) is 4.79 Å². The third-order valence-electron chi connectivity index (χ3n) is 3.26. The largest absolute Gasteiger partial charge is 0.323 e. The summed E-state index contributed by atoms with van der Waals surface area (Å²) in [6, 6.07) is 0.295. The minimum Gasteiger partial charge on any atom is -0.323 e. The van der Waals surface area contributed by atoms with Crippen LogP contribution in [-0.4, -0.2) is 54.6 Å². The Kier molecular flexibility index (Phi) is 4.74. The fourth-order valence-corrected chi connectivity index (χ4v) is 2.24. The van der Waals surface area contributed by atoms with Gasteiger partial charge in [-0.25, -0.2) is 0 Å². The summed E-state index contributed by atoms with van der Waals surface area (Å²) in [4.78, 5) is 16.2. The molecule has 1 heterocycles. The van der Waals surface area contributed by atoms with Gasteiger partial charge in [-0.05, 0) is 47.3 Å². The Hall–Kier alpha value is -0.610. The van der Waals surface area contributed by atoms with E-state index in [4.69, 9.17) is 0 Å². The molecule has 4 heteroatoms. The van der Waals surface area contributed by atoms with Crippen molar-refractivity contribution in [3.05, 3.63) is 0 Å². The molecule has 0 aromatic rings. The highest BCUT2D eigenvalue weighted by Gasteiger charge is 2.37. The Morgan fingerprint density at radius 2 is 2.12 bits per heavy atom. The van der Waals surface area contributed by atoms with Crippen molar-refractivity contribution in [2.24, 2.45) is 0 Å². The molecule has 0 aliphatic carbocycles. The average Bonchev–Trinajstić information content (AvgIpc) is 2.51. The molecule has 1 aliphatic rings. The molecule has 1 saturated heterocycles. The summed E-state index contributed by atoms with van der Waals surface area (Å²) < 4.78 is 0. The summed E-state index contributed by atoms with van der Waals surface area (Å²) in [6.07, 6.45) is 2.23.